The molecule has 0 N–H and O–H groups in total. The van der Waals surface area contributed by atoms with Crippen molar-refractivity contribution in [2.75, 3.05) is 0 Å². The number of hydrogen-bond donors (Lipinski definition) is 0. The second-order valence-corrected chi connectivity index (χ2v) is 8.88. The fraction of sp³-hybridized carbons (Fsp3) is 1.00. The Labute approximate surface area is 73.3 Å². The van der Waals surface area contributed by atoms with Gasteiger partial charge < -0.3 is 16.8 Å². The fourth-order valence-electron chi connectivity index (χ4n) is 0.646. The Hall–Kier alpha value is 0.491. The van der Waals surface area contributed by atoms with E-state index < -0.39 is 29.5 Å². The van der Waals surface area contributed by atoms with E-state index in [-0.39, 0.29) is 5.60 Å². The first kappa shape index (κ1) is 9.58. The van der Waals surface area contributed by atoms with Gasteiger partial charge in [-0.2, -0.15) is 0 Å². The summed E-state index contributed by atoms with van der Waals surface area (Å²) in [6, 6.07) is 0. The monoisotopic (exact) mass is 210 g/mol. The zero-order chi connectivity index (χ0) is 8.32. The maximum atomic E-state index is 5.56. The van der Waals surface area contributed by atoms with Gasteiger partial charge in [0.25, 0.3) is 20.0 Å². The molecule has 0 aromatic carbocycles. The molecule has 1 rings (SSSR count). The predicted octanol–water partition coefficient (Wildman–Crippen LogP) is -1.42. The molecule has 0 saturated carbocycles. The van der Waals surface area contributed by atoms with Crippen LogP contribution in [0.25, 0.3) is 0 Å². The average Bonchev–Trinajstić information content (AvgIpc) is 1.85. The standard InChI is InChI=1S/C4H14O4Si3/c1-4(2,3)5-11-7-9-6-10-8-11/h11H,9-10H2,1-3H3. The lowest BCUT2D eigenvalue weighted by molar-refractivity contribution is 0.0641. The maximum Gasteiger partial charge on any atom is 0.466 e. The normalized spacial score (nSPS) is 31.4. The summed E-state index contributed by atoms with van der Waals surface area (Å²) in [5, 5.41) is 0. The van der Waals surface area contributed by atoms with Gasteiger partial charge in [-0.1, -0.05) is 0 Å². The van der Waals surface area contributed by atoms with Crippen LogP contribution in [-0.2, 0) is 16.8 Å². The number of hydrogen-bond acceptors (Lipinski definition) is 4. The highest BCUT2D eigenvalue weighted by molar-refractivity contribution is 6.57. The van der Waals surface area contributed by atoms with Crippen LogP contribution in [0, 0.1) is 0 Å². The van der Waals surface area contributed by atoms with E-state index in [4.69, 9.17) is 16.8 Å². The van der Waals surface area contributed by atoms with Crippen LogP contribution in [0.4, 0.5) is 0 Å². The summed E-state index contributed by atoms with van der Waals surface area (Å²) in [5.41, 5.74) is -0.142. The molecule has 7 heteroatoms. The van der Waals surface area contributed by atoms with E-state index in [1.165, 1.54) is 0 Å². The van der Waals surface area contributed by atoms with Crippen LogP contribution < -0.4 is 0 Å². The van der Waals surface area contributed by atoms with Crippen LogP contribution in [0.15, 0.2) is 0 Å². The van der Waals surface area contributed by atoms with Crippen molar-refractivity contribution in [3.8, 4) is 0 Å². The first-order valence-corrected chi connectivity index (χ1v) is 7.29. The molecular weight excluding hydrogens is 196 g/mol. The molecule has 1 saturated heterocycles. The molecule has 4 nitrogen and oxygen atoms in total. The second kappa shape index (κ2) is 3.94. The number of rotatable bonds is 1. The summed E-state index contributed by atoms with van der Waals surface area (Å²) >= 11 is 0. The molecule has 0 unspecified atom stereocenters. The van der Waals surface area contributed by atoms with Crippen molar-refractivity contribution in [1.29, 1.82) is 0 Å². The molecule has 0 amide bonds. The average molecular weight is 210 g/mol. The molecule has 0 bridgehead atoms. The first-order valence-electron chi connectivity index (χ1n) is 3.57. The highest BCUT2D eigenvalue weighted by Crippen LogP contribution is 2.10. The predicted molar refractivity (Wildman–Crippen MR) is 48.3 cm³/mol. The minimum absolute atomic E-state index is 0.142. The van der Waals surface area contributed by atoms with E-state index >= 15 is 0 Å². The Morgan fingerprint density at radius 3 is 2.18 bits per heavy atom. The quantitative estimate of drug-likeness (QED) is 0.498. The van der Waals surface area contributed by atoms with Gasteiger partial charge in [0.05, 0.1) is 5.60 Å². The summed E-state index contributed by atoms with van der Waals surface area (Å²) in [4.78, 5) is 0. The van der Waals surface area contributed by atoms with Crippen LogP contribution in [0.1, 0.15) is 20.8 Å². The minimum atomic E-state index is -1.75. The van der Waals surface area contributed by atoms with Gasteiger partial charge in [-0.25, -0.2) is 0 Å². The molecule has 66 valence electrons. The lowest BCUT2D eigenvalue weighted by Crippen LogP contribution is -2.42. The lowest BCUT2D eigenvalue weighted by Gasteiger charge is -2.28. The van der Waals surface area contributed by atoms with E-state index in [0.717, 1.165) is 0 Å². The van der Waals surface area contributed by atoms with E-state index in [9.17, 15) is 0 Å². The molecule has 0 aliphatic carbocycles. The van der Waals surface area contributed by atoms with Crippen molar-refractivity contribution in [1.82, 2.24) is 0 Å². The van der Waals surface area contributed by atoms with E-state index in [1.54, 1.807) is 0 Å². The van der Waals surface area contributed by atoms with Crippen molar-refractivity contribution in [3.63, 3.8) is 0 Å². The zero-order valence-corrected chi connectivity index (χ0v) is 11.1. The fourth-order valence-corrected chi connectivity index (χ4v) is 6.68. The third-order valence-corrected chi connectivity index (χ3v) is 6.52. The van der Waals surface area contributed by atoms with Gasteiger partial charge in [0.2, 0.25) is 0 Å². The smallest absolute Gasteiger partial charge is 0.425 e. The maximum absolute atomic E-state index is 5.56. The Kier molecular flexibility index (Phi) is 3.43. The van der Waals surface area contributed by atoms with E-state index in [0.29, 0.717) is 0 Å². The molecule has 0 aromatic heterocycles. The molecule has 1 aliphatic heterocycles. The van der Waals surface area contributed by atoms with Crippen molar-refractivity contribution in [2.45, 2.75) is 26.4 Å². The summed E-state index contributed by atoms with van der Waals surface area (Å²) in [6.45, 7) is 6.02. The van der Waals surface area contributed by atoms with Gasteiger partial charge in [-0.15, -0.1) is 0 Å². The summed E-state index contributed by atoms with van der Waals surface area (Å²) in [7, 11) is -3.22. The van der Waals surface area contributed by atoms with Gasteiger partial charge >= 0.3 is 9.53 Å². The topological polar surface area (TPSA) is 36.9 Å². The van der Waals surface area contributed by atoms with Crippen LogP contribution in [-0.4, -0.2) is 35.1 Å². The van der Waals surface area contributed by atoms with Crippen LogP contribution in [0.3, 0.4) is 0 Å². The first-order chi connectivity index (χ1) is 5.08. The van der Waals surface area contributed by atoms with Gasteiger partial charge in [-0.05, 0) is 20.8 Å². The molecule has 0 spiro atoms. The molecule has 11 heavy (non-hydrogen) atoms. The molecule has 0 atom stereocenters. The summed E-state index contributed by atoms with van der Waals surface area (Å²) in [5.74, 6) is 0. The van der Waals surface area contributed by atoms with Gasteiger partial charge in [0.15, 0.2) is 0 Å². The van der Waals surface area contributed by atoms with Crippen LogP contribution >= 0.6 is 0 Å². The van der Waals surface area contributed by atoms with Crippen molar-refractivity contribution in [2.24, 2.45) is 0 Å². The van der Waals surface area contributed by atoms with Crippen LogP contribution in [0.2, 0.25) is 0 Å². The second-order valence-electron chi connectivity index (χ2n) is 3.29. The molecular formula is C4H14O4Si3. The molecule has 0 radical (unpaired) electrons. The largest absolute Gasteiger partial charge is 0.466 e. The van der Waals surface area contributed by atoms with E-state index in [1.807, 2.05) is 20.8 Å². The Morgan fingerprint density at radius 2 is 1.73 bits per heavy atom. The summed E-state index contributed by atoms with van der Waals surface area (Å²) < 4.78 is 21.3. The third-order valence-electron chi connectivity index (χ3n) is 1.02. The Bertz CT molecular complexity index is 119. The molecule has 1 aliphatic rings. The van der Waals surface area contributed by atoms with Crippen molar-refractivity contribution >= 4 is 29.5 Å². The Balaban J connectivity index is 2.24. The van der Waals surface area contributed by atoms with Gasteiger partial charge in [0.1, 0.15) is 0 Å². The zero-order valence-electron chi connectivity index (χ0n) is 7.12. The third kappa shape index (κ3) is 4.16. The highest BCUT2D eigenvalue weighted by atomic mass is 28.4. The van der Waals surface area contributed by atoms with Gasteiger partial charge in [-0.3, -0.25) is 0 Å². The van der Waals surface area contributed by atoms with Crippen LogP contribution in [0.5, 0.6) is 0 Å². The molecule has 1 fully saturated rings. The summed E-state index contributed by atoms with van der Waals surface area (Å²) in [6.07, 6.45) is 0. The Morgan fingerprint density at radius 1 is 1.18 bits per heavy atom. The van der Waals surface area contributed by atoms with Crippen molar-refractivity contribution < 1.29 is 16.8 Å². The highest BCUT2D eigenvalue weighted by Gasteiger charge is 2.25. The van der Waals surface area contributed by atoms with Crippen molar-refractivity contribution in [3.05, 3.63) is 0 Å². The van der Waals surface area contributed by atoms with Gasteiger partial charge in [0, 0.05) is 0 Å². The molecule has 0 aromatic rings. The molecule has 1 heterocycles. The SMILES string of the molecule is CC(C)(C)O[SiH]1O[SiH2]O[SiH2]O1. The van der Waals surface area contributed by atoms with E-state index in [2.05, 4.69) is 0 Å². The minimum Gasteiger partial charge on any atom is -0.425 e. The lowest BCUT2D eigenvalue weighted by atomic mass is 10.2.